The van der Waals surface area contributed by atoms with Gasteiger partial charge in [0.15, 0.2) is 0 Å². The largest absolute Gasteiger partial charge is 0.385 e. The Hall–Kier alpha value is -1.55. The summed E-state index contributed by atoms with van der Waals surface area (Å²) in [6, 6.07) is 6.15. The number of rotatable bonds is 5. The highest BCUT2D eigenvalue weighted by molar-refractivity contribution is 5.95. The molecule has 0 bridgehead atoms. The van der Waals surface area contributed by atoms with Crippen LogP contribution in [0.1, 0.15) is 35.7 Å². The summed E-state index contributed by atoms with van der Waals surface area (Å²) >= 11 is 0. The van der Waals surface area contributed by atoms with Gasteiger partial charge < -0.3 is 15.5 Å². The Morgan fingerprint density at radius 1 is 1.45 bits per heavy atom. The topological polar surface area (TPSA) is 44.4 Å². The first-order chi connectivity index (χ1) is 9.56. The summed E-state index contributed by atoms with van der Waals surface area (Å²) in [5.74, 6) is 0.0321. The van der Waals surface area contributed by atoms with E-state index in [9.17, 15) is 4.79 Å². The van der Waals surface area contributed by atoms with Gasteiger partial charge in [-0.3, -0.25) is 4.79 Å². The van der Waals surface area contributed by atoms with E-state index in [0.29, 0.717) is 0 Å². The van der Waals surface area contributed by atoms with Crippen LogP contribution in [0.15, 0.2) is 18.2 Å². The van der Waals surface area contributed by atoms with Gasteiger partial charge in [0.05, 0.1) is 0 Å². The smallest absolute Gasteiger partial charge is 0.251 e. The fraction of sp³-hybridized carbons (Fsp3) is 0.562. The van der Waals surface area contributed by atoms with Crippen molar-refractivity contribution in [2.24, 2.45) is 0 Å². The molecule has 0 aliphatic carbocycles. The molecule has 0 radical (unpaired) electrons. The highest BCUT2D eigenvalue weighted by atomic mass is 16.1. The third-order valence-corrected chi connectivity index (χ3v) is 3.69. The molecule has 1 aliphatic heterocycles. The summed E-state index contributed by atoms with van der Waals surface area (Å²) < 4.78 is 0. The second-order valence-electron chi connectivity index (χ2n) is 5.87. The van der Waals surface area contributed by atoms with E-state index < -0.39 is 0 Å². The number of nitrogens with zero attached hydrogens (tertiary/aromatic N) is 1. The fourth-order valence-corrected chi connectivity index (χ4v) is 2.45. The van der Waals surface area contributed by atoms with E-state index >= 15 is 0 Å². The number of hydrogen-bond donors (Lipinski definition) is 2. The first-order valence-corrected chi connectivity index (χ1v) is 7.38. The Bertz CT molecular complexity index is 471. The predicted molar refractivity (Wildman–Crippen MR) is 83.4 cm³/mol. The molecule has 2 rings (SSSR count). The summed E-state index contributed by atoms with van der Waals surface area (Å²) in [5, 5.41) is 6.44. The normalized spacial score (nSPS) is 15.4. The maximum Gasteiger partial charge on any atom is 0.251 e. The molecule has 1 heterocycles. The van der Waals surface area contributed by atoms with Crippen molar-refractivity contribution in [1.29, 1.82) is 0 Å². The number of carbonyl (C=O) groups excluding carboxylic acids is 1. The van der Waals surface area contributed by atoms with Gasteiger partial charge in [-0.2, -0.15) is 0 Å². The van der Waals surface area contributed by atoms with Crippen molar-refractivity contribution in [2.45, 2.75) is 32.2 Å². The maximum absolute atomic E-state index is 12.2. The molecular formula is C16H25N3O. The van der Waals surface area contributed by atoms with Crippen LogP contribution in [-0.2, 0) is 6.42 Å². The van der Waals surface area contributed by atoms with Crippen molar-refractivity contribution >= 4 is 11.6 Å². The minimum absolute atomic E-state index is 0.0321. The Kier molecular flexibility index (Phi) is 5.01. The van der Waals surface area contributed by atoms with E-state index in [1.165, 1.54) is 11.3 Å². The Morgan fingerprint density at radius 3 is 3.00 bits per heavy atom. The lowest BCUT2D eigenvalue weighted by Crippen LogP contribution is -2.34. The molecule has 1 amide bonds. The van der Waals surface area contributed by atoms with E-state index in [1.807, 2.05) is 32.3 Å². The van der Waals surface area contributed by atoms with Crippen molar-refractivity contribution in [2.75, 3.05) is 32.5 Å². The van der Waals surface area contributed by atoms with Gasteiger partial charge in [-0.25, -0.2) is 0 Å². The number of fused-ring (bicyclic) bond motifs is 1. The van der Waals surface area contributed by atoms with Crippen LogP contribution in [0.4, 0.5) is 5.69 Å². The maximum atomic E-state index is 12.2. The van der Waals surface area contributed by atoms with Crippen LogP contribution in [0.2, 0.25) is 0 Å². The third-order valence-electron chi connectivity index (χ3n) is 3.69. The minimum atomic E-state index is 0.0321. The number of nitrogens with one attached hydrogen (secondary N) is 2. The monoisotopic (exact) mass is 275 g/mol. The lowest BCUT2D eigenvalue weighted by atomic mass is 10.0. The first kappa shape index (κ1) is 14.9. The van der Waals surface area contributed by atoms with Crippen LogP contribution in [0.5, 0.6) is 0 Å². The van der Waals surface area contributed by atoms with Crippen LogP contribution >= 0.6 is 0 Å². The van der Waals surface area contributed by atoms with E-state index in [2.05, 4.69) is 22.5 Å². The van der Waals surface area contributed by atoms with Crippen LogP contribution < -0.4 is 10.6 Å². The average Bonchev–Trinajstić information content (AvgIpc) is 2.44. The highest BCUT2D eigenvalue weighted by Gasteiger charge is 2.14. The third kappa shape index (κ3) is 3.97. The molecule has 20 heavy (non-hydrogen) atoms. The molecule has 0 fully saturated rings. The molecule has 0 aromatic heterocycles. The van der Waals surface area contributed by atoms with E-state index in [4.69, 9.17) is 0 Å². The first-order valence-electron chi connectivity index (χ1n) is 7.38. The molecule has 110 valence electrons. The highest BCUT2D eigenvalue weighted by Crippen LogP contribution is 2.22. The molecule has 4 nitrogen and oxygen atoms in total. The molecule has 1 aromatic rings. The van der Waals surface area contributed by atoms with Crippen molar-refractivity contribution in [3.63, 3.8) is 0 Å². The quantitative estimate of drug-likeness (QED) is 0.865. The second-order valence-corrected chi connectivity index (χ2v) is 5.87. The molecular weight excluding hydrogens is 250 g/mol. The van der Waals surface area contributed by atoms with Gasteiger partial charge in [-0.15, -0.1) is 0 Å². The summed E-state index contributed by atoms with van der Waals surface area (Å²) in [5.41, 5.74) is 3.20. The van der Waals surface area contributed by atoms with Crippen molar-refractivity contribution < 1.29 is 4.79 Å². The molecule has 1 aromatic carbocycles. The fourth-order valence-electron chi connectivity index (χ4n) is 2.45. The van der Waals surface area contributed by atoms with Crippen molar-refractivity contribution in [3.05, 3.63) is 29.3 Å². The van der Waals surface area contributed by atoms with Crippen LogP contribution in [-0.4, -0.2) is 44.0 Å². The van der Waals surface area contributed by atoms with Gasteiger partial charge in [-0.05, 0) is 70.6 Å². The molecule has 2 N–H and O–H groups in total. The van der Waals surface area contributed by atoms with Crippen LogP contribution in [0.3, 0.4) is 0 Å². The summed E-state index contributed by atoms with van der Waals surface area (Å²) in [6.45, 7) is 4.07. The van der Waals surface area contributed by atoms with E-state index in [1.54, 1.807) is 0 Å². The summed E-state index contributed by atoms with van der Waals surface area (Å²) in [7, 11) is 4.09. The summed E-state index contributed by atoms with van der Waals surface area (Å²) in [4.78, 5) is 14.4. The van der Waals surface area contributed by atoms with Gasteiger partial charge in [0, 0.05) is 23.8 Å². The van der Waals surface area contributed by atoms with Gasteiger partial charge >= 0.3 is 0 Å². The number of anilines is 1. The zero-order valence-electron chi connectivity index (χ0n) is 12.7. The second kappa shape index (κ2) is 6.75. The van der Waals surface area contributed by atoms with Gasteiger partial charge in [0.25, 0.3) is 5.91 Å². The summed E-state index contributed by atoms with van der Waals surface area (Å²) in [6.07, 6.45) is 3.15. The number of hydrogen-bond acceptors (Lipinski definition) is 3. The SMILES string of the molecule is CC(CCN(C)C)NC(=O)c1ccc2c(c1)CCCN2. The zero-order valence-corrected chi connectivity index (χ0v) is 12.7. The Balaban J connectivity index is 1.95. The molecule has 0 spiro atoms. The van der Waals surface area contributed by atoms with E-state index in [-0.39, 0.29) is 11.9 Å². The average molecular weight is 275 g/mol. The zero-order chi connectivity index (χ0) is 14.5. The number of amides is 1. The Morgan fingerprint density at radius 2 is 2.25 bits per heavy atom. The molecule has 1 aliphatic rings. The van der Waals surface area contributed by atoms with Crippen LogP contribution in [0.25, 0.3) is 0 Å². The standard InChI is InChI=1S/C16H25N3O/c1-12(8-10-19(2)3)18-16(20)14-6-7-15-13(11-14)5-4-9-17-15/h6-7,11-12,17H,4-5,8-10H2,1-3H3,(H,18,20). The van der Waals surface area contributed by atoms with Crippen LogP contribution in [0, 0.1) is 0 Å². The lowest BCUT2D eigenvalue weighted by Gasteiger charge is -2.20. The molecule has 0 saturated heterocycles. The van der Waals surface area contributed by atoms with Crippen molar-refractivity contribution in [1.82, 2.24) is 10.2 Å². The molecule has 1 unspecified atom stereocenters. The van der Waals surface area contributed by atoms with Crippen molar-refractivity contribution in [3.8, 4) is 0 Å². The van der Waals surface area contributed by atoms with Gasteiger partial charge in [-0.1, -0.05) is 0 Å². The molecule has 0 saturated carbocycles. The van der Waals surface area contributed by atoms with E-state index in [0.717, 1.165) is 37.9 Å². The van der Waals surface area contributed by atoms with Gasteiger partial charge in [0.1, 0.15) is 0 Å². The number of aryl methyl sites for hydroxylation is 1. The van der Waals surface area contributed by atoms with Gasteiger partial charge in [0.2, 0.25) is 0 Å². The lowest BCUT2D eigenvalue weighted by molar-refractivity contribution is 0.0936. The molecule has 4 heteroatoms. The minimum Gasteiger partial charge on any atom is -0.385 e. The molecule has 1 atom stereocenters. The number of benzene rings is 1. The number of carbonyl (C=O) groups is 1. The Labute approximate surface area is 121 Å². The predicted octanol–water partition coefficient (Wildman–Crippen LogP) is 2.11.